The van der Waals surface area contributed by atoms with Crippen LogP contribution in [0.2, 0.25) is 0 Å². The van der Waals surface area contributed by atoms with Crippen molar-refractivity contribution in [2.24, 2.45) is 0 Å². The van der Waals surface area contributed by atoms with Crippen molar-refractivity contribution < 1.29 is 14.3 Å². The van der Waals surface area contributed by atoms with Gasteiger partial charge in [0.2, 0.25) is 0 Å². The van der Waals surface area contributed by atoms with Gasteiger partial charge in [-0.3, -0.25) is 4.79 Å². The Bertz CT molecular complexity index is 484. The minimum atomic E-state index is -0.120. The zero-order chi connectivity index (χ0) is 15.2. The number of ether oxygens (including phenoxy) is 2. The van der Waals surface area contributed by atoms with E-state index in [1.807, 2.05) is 18.2 Å². The van der Waals surface area contributed by atoms with Gasteiger partial charge in [-0.1, -0.05) is 19.9 Å². The molecule has 1 aliphatic rings. The summed E-state index contributed by atoms with van der Waals surface area (Å²) in [7, 11) is 0. The molecule has 2 rings (SSSR count). The van der Waals surface area contributed by atoms with Crippen molar-refractivity contribution in [3.63, 3.8) is 0 Å². The maximum Gasteiger partial charge on any atom is 0.258 e. The molecule has 1 N–H and O–H groups in total. The SMILES string of the molecule is CC(C)c1ccc(OCC(=O)NCC2CCCO2)c(Br)c1. The Morgan fingerprint density at radius 2 is 2.33 bits per heavy atom. The highest BCUT2D eigenvalue weighted by Gasteiger charge is 2.16. The van der Waals surface area contributed by atoms with Crippen LogP contribution in [0.5, 0.6) is 5.75 Å². The third-order valence-corrected chi connectivity index (χ3v) is 4.15. The first-order valence-corrected chi connectivity index (χ1v) is 8.16. The lowest BCUT2D eigenvalue weighted by molar-refractivity contribution is -0.123. The van der Waals surface area contributed by atoms with E-state index in [9.17, 15) is 4.79 Å². The van der Waals surface area contributed by atoms with Gasteiger partial charge in [0, 0.05) is 13.2 Å². The van der Waals surface area contributed by atoms with Gasteiger partial charge in [-0.15, -0.1) is 0 Å². The lowest BCUT2D eigenvalue weighted by Gasteiger charge is -2.13. The molecule has 21 heavy (non-hydrogen) atoms. The zero-order valence-corrected chi connectivity index (χ0v) is 14.1. The second kappa shape index (κ2) is 7.80. The van der Waals surface area contributed by atoms with E-state index in [2.05, 4.69) is 35.1 Å². The van der Waals surface area contributed by atoms with Crippen LogP contribution in [0.1, 0.15) is 38.2 Å². The number of hydrogen-bond acceptors (Lipinski definition) is 3. The Hall–Kier alpha value is -1.07. The average molecular weight is 356 g/mol. The number of benzene rings is 1. The maximum atomic E-state index is 11.8. The minimum absolute atomic E-state index is 0.0202. The lowest BCUT2D eigenvalue weighted by Crippen LogP contribution is -2.35. The molecular weight excluding hydrogens is 334 g/mol. The fourth-order valence-electron chi connectivity index (χ4n) is 2.22. The van der Waals surface area contributed by atoms with Crippen LogP contribution in [0.3, 0.4) is 0 Å². The Balaban J connectivity index is 1.77. The van der Waals surface area contributed by atoms with Gasteiger partial charge in [-0.05, 0) is 52.4 Å². The van der Waals surface area contributed by atoms with Crippen LogP contribution in [0.4, 0.5) is 0 Å². The highest BCUT2D eigenvalue weighted by Crippen LogP contribution is 2.28. The largest absolute Gasteiger partial charge is 0.483 e. The summed E-state index contributed by atoms with van der Waals surface area (Å²) in [6.07, 6.45) is 2.25. The highest BCUT2D eigenvalue weighted by molar-refractivity contribution is 9.10. The molecule has 1 aliphatic heterocycles. The van der Waals surface area contributed by atoms with Crippen LogP contribution >= 0.6 is 15.9 Å². The predicted octanol–water partition coefficient (Wildman–Crippen LogP) is 3.25. The van der Waals surface area contributed by atoms with Gasteiger partial charge in [0.1, 0.15) is 5.75 Å². The summed E-state index contributed by atoms with van der Waals surface area (Å²) in [5.74, 6) is 1.03. The third-order valence-electron chi connectivity index (χ3n) is 3.53. The van der Waals surface area contributed by atoms with Gasteiger partial charge in [0.05, 0.1) is 10.6 Å². The fourth-order valence-corrected chi connectivity index (χ4v) is 2.73. The molecule has 1 aromatic carbocycles. The van der Waals surface area contributed by atoms with E-state index in [1.165, 1.54) is 5.56 Å². The third kappa shape index (κ3) is 5.00. The van der Waals surface area contributed by atoms with Crippen LogP contribution in [0, 0.1) is 0 Å². The smallest absolute Gasteiger partial charge is 0.258 e. The zero-order valence-electron chi connectivity index (χ0n) is 12.5. The van der Waals surface area contributed by atoms with Crippen molar-refractivity contribution in [1.82, 2.24) is 5.32 Å². The lowest BCUT2D eigenvalue weighted by atomic mass is 10.0. The molecule has 116 valence electrons. The molecule has 1 saturated heterocycles. The first-order valence-electron chi connectivity index (χ1n) is 7.37. The van der Waals surface area contributed by atoms with Crippen molar-refractivity contribution in [2.75, 3.05) is 19.8 Å². The predicted molar refractivity (Wildman–Crippen MR) is 85.7 cm³/mol. The summed E-state index contributed by atoms with van der Waals surface area (Å²) in [4.78, 5) is 11.8. The molecule has 1 aromatic rings. The van der Waals surface area contributed by atoms with E-state index >= 15 is 0 Å². The van der Waals surface area contributed by atoms with E-state index in [0.29, 0.717) is 18.2 Å². The quantitative estimate of drug-likeness (QED) is 0.851. The molecule has 0 bridgehead atoms. The van der Waals surface area contributed by atoms with Crippen molar-refractivity contribution in [3.05, 3.63) is 28.2 Å². The second-order valence-electron chi connectivity index (χ2n) is 5.57. The molecule has 0 radical (unpaired) electrons. The number of halogens is 1. The van der Waals surface area contributed by atoms with Gasteiger partial charge in [0.25, 0.3) is 5.91 Å². The van der Waals surface area contributed by atoms with Crippen LogP contribution in [0.15, 0.2) is 22.7 Å². The normalized spacial score (nSPS) is 18.0. The molecule has 1 heterocycles. The number of amides is 1. The number of hydrogen-bond donors (Lipinski definition) is 1. The summed E-state index contributed by atoms with van der Waals surface area (Å²) >= 11 is 3.48. The molecule has 0 aromatic heterocycles. The first kappa shape index (κ1) is 16.3. The minimum Gasteiger partial charge on any atom is -0.483 e. The Kier molecular flexibility index (Phi) is 6.06. The Morgan fingerprint density at radius 3 is 2.95 bits per heavy atom. The molecule has 0 aliphatic carbocycles. The van der Waals surface area contributed by atoms with Crippen molar-refractivity contribution >= 4 is 21.8 Å². The topological polar surface area (TPSA) is 47.6 Å². The van der Waals surface area contributed by atoms with Crippen LogP contribution in [-0.2, 0) is 9.53 Å². The molecule has 0 saturated carbocycles. The Labute approximate surface area is 134 Å². The van der Waals surface area contributed by atoms with Crippen LogP contribution < -0.4 is 10.1 Å². The van der Waals surface area contributed by atoms with Crippen LogP contribution in [-0.4, -0.2) is 31.8 Å². The average Bonchev–Trinajstić information content (AvgIpc) is 2.97. The first-order chi connectivity index (χ1) is 10.1. The van der Waals surface area contributed by atoms with Crippen molar-refractivity contribution in [2.45, 2.75) is 38.7 Å². The fraction of sp³-hybridized carbons (Fsp3) is 0.562. The summed E-state index contributed by atoms with van der Waals surface area (Å²) in [5.41, 5.74) is 1.23. The highest BCUT2D eigenvalue weighted by atomic mass is 79.9. The van der Waals surface area contributed by atoms with Gasteiger partial charge < -0.3 is 14.8 Å². The second-order valence-corrected chi connectivity index (χ2v) is 6.43. The van der Waals surface area contributed by atoms with E-state index in [4.69, 9.17) is 9.47 Å². The van der Waals surface area contributed by atoms with Crippen molar-refractivity contribution in [3.8, 4) is 5.75 Å². The van der Waals surface area contributed by atoms with E-state index < -0.39 is 0 Å². The molecule has 1 atom stereocenters. The molecule has 1 fully saturated rings. The molecule has 1 amide bonds. The summed E-state index contributed by atoms with van der Waals surface area (Å²) in [5, 5.41) is 2.84. The van der Waals surface area contributed by atoms with E-state index in [-0.39, 0.29) is 18.6 Å². The number of carbonyl (C=O) groups is 1. The number of nitrogens with one attached hydrogen (secondary N) is 1. The Morgan fingerprint density at radius 1 is 1.52 bits per heavy atom. The van der Waals surface area contributed by atoms with E-state index in [1.54, 1.807) is 0 Å². The van der Waals surface area contributed by atoms with Gasteiger partial charge >= 0.3 is 0 Å². The molecular formula is C16H22BrNO3. The van der Waals surface area contributed by atoms with Gasteiger partial charge in [-0.2, -0.15) is 0 Å². The van der Waals surface area contributed by atoms with Crippen LogP contribution in [0.25, 0.3) is 0 Å². The number of rotatable bonds is 6. The molecule has 4 nitrogen and oxygen atoms in total. The van der Waals surface area contributed by atoms with E-state index in [0.717, 1.165) is 23.9 Å². The molecule has 1 unspecified atom stereocenters. The number of carbonyl (C=O) groups excluding carboxylic acids is 1. The summed E-state index contributed by atoms with van der Waals surface area (Å²) < 4.78 is 11.9. The van der Waals surface area contributed by atoms with Crippen molar-refractivity contribution in [1.29, 1.82) is 0 Å². The van der Waals surface area contributed by atoms with Gasteiger partial charge in [0.15, 0.2) is 6.61 Å². The molecule has 5 heteroatoms. The summed E-state index contributed by atoms with van der Waals surface area (Å²) in [6, 6.07) is 5.95. The molecule has 0 spiro atoms. The maximum absolute atomic E-state index is 11.8. The standard InChI is InChI=1S/C16H22BrNO3/c1-11(2)12-5-6-15(14(17)8-12)21-10-16(19)18-9-13-4-3-7-20-13/h5-6,8,11,13H,3-4,7,9-10H2,1-2H3,(H,18,19). The monoisotopic (exact) mass is 355 g/mol. The summed E-state index contributed by atoms with van der Waals surface area (Å²) in [6.45, 7) is 5.66. The van der Waals surface area contributed by atoms with Gasteiger partial charge in [-0.25, -0.2) is 0 Å².